The second-order valence-corrected chi connectivity index (χ2v) is 39.6. The maximum absolute atomic E-state index is 11.8. The first-order valence-corrected chi connectivity index (χ1v) is 49.5. The van der Waals surface area contributed by atoms with Gasteiger partial charge in [0, 0.05) is 86.7 Å². The van der Waals surface area contributed by atoms with Crippen LogP contribution < -0.4 is 0 Å². The number of aliphatic hydroxyl groups is 3. The van der Waals surface area contributed by atoms with E-state index >= 15 is 0 Å². The van der Waals surface area contributed by atoms with Crippen LogP contribution in [0.1, 0.15) is 380 Å². The van der Waals surface area contributed by atoms with E-state index in [0.717, 1.165) is 242 Å². The third-order valence-electron chi connectivity index (χ3n) is 28.6. The molecule has 7 N–H and O–H groups in total. The molecule has 23 heteroatoms. The lowest BCUT2D eigenvalue weighted by Crippen LogP contribution is -2.38. The van der Waals surface area contributed by atoms with E-state index in [-0.39, 0.29) is 11.8 Å². The molecule has 0 aliphatic heterocycles. The molecule has 0 saturated heterocycles. The number of nitrogens with zero attached hydrogens (tertiary/aromatic N) is 11. The number of rotatable bonds is 30. The predicted molar refractivity (Wildman–Crippen MR) is 527 cm³/mol. The normalized spacial score (nSPS) is 15.1. The number of allylic oxidation sites excluding steroid dienone is 2. The van der Waals surface area contributed by atoms with Gasteiger partial charge in [-0.05, 0) is 302 Å². The predicted octanol–water partition coefficient (Wildman–Crippen LogP) is 28.1. The summed E-state index contributed by atoms with van der Waals surface area (Å²) in [5.74, 6) is 13.2. The van der Waals surface area contributed by atoms with Crippen molar-refractivity contribution in [2.45, 2.75) is 352 Å². The molecule has 132 heavy (non-hydrogen) atoms. The Hall–Kier alpha value is -10.9. The van der Waals surface area contributed by atoms with Gasteiger partial charge in [-0.2, -0.15) is 0 Å². The van der Waals surface area contributed by atoms with Crippen molar-refractivity contribution in [1.29, 1.82) is 0 Å². The Balaban J connectivity index is 0.000000120. The van der Waals surface area contributed by atoms with Gasteiger partial charge in [0.25, 0.3) is 0 Å². The molecule has 5 saturated carbocycles. The number of nitrogens with one attached hydrogen (secondary N) is 4. The van der Waals surface area contributed by atoms with Gasteiger partial charge in [0.05, 0.1) is 100 Å². The zero-order valence-corrected chi connectivity index (χ0v) is 82.5. The van der Waals surface area contributed by atoms with Crippen LogP contribution in [0, 0.1) is 81.1 Å². The number of aromatic amines is 4. The minimum absolute atomic E-state index is 0.0571. The van der Waals surface area contributed by atoms with E-state index in [2.05, 4.69) is 193 Å². The minimum Gasteiger partial charge on any atom is -0.385 e. The molecule has 0 unspecified atom stereocenters. The third kappa shape index (κ3) is 18.8. The highest BCUT2D eigenvalue weighted by Crippen LogP contribution is 2.51. The largest absolute Gasteiger partial charge is 0.385 e. The first-order valence-electron chi connectivity index (χ1n) is 49.5. The Morgan fingerprint density at radius 3 is 1.08 bits per heavy atom. The summed E-state index contributed by atoms with van der Waals surface area (Å²) in [4.78, 5) is 39.1. The molecular formula is C109H141N15O8. The number of aromatic nitrogens is 15. The molecule has 5 aliphatic rings. The molecule has 0 atom stereocenters. The van der Waals surface area contributed by atoms with Crippen LogP contribution in [-0.4, -0.2) is 90.5 Å². The molecule has 0 radical (unpaired) electrons. The van der Waals surface area contributed by atoms with Crippen LogP contribution >= 0.6 is 0 Å². The molecule has 0 bridgehead atoms. The van der Waals surface area contributed by atoms with Gasteiger partial charge in [-0.3, -0.25) is 0 Å². The minimum atomic E-state index is -0.969. The van der Waals surface area contributed by atoms with Gasteiger partial charge >= 0.3 is 0 Å². The molecule has 10 aromatic heterocycles. The van der Waals surface area contributed by atoms with Crippen molar-refractivity contribution in [2.24, 2.45) is 18.9 Å². The molecule has 700 valence electrons. The zero-order chi connectivity index (χ0) is 93.8. The quantitative estimate of drug-likeness (QED) is 0.0220. The van der Waals surface area contributed by atoms with E-state index in [1.165, 1.54) is 123 Å². The monoisotopic (exact) mass is 1790 g/mol. The summed E-state index contributed by atoms with van der Waals surface area (Å²) in [5.41, 5.74) is 29.6. The standard InChI is InChI=1S/2C22H29N3O2.C22H29N3O.C22H27N3O.C21H27N3O2/c1-11(2)22(26,12(3)4)17-9-16(19-13(5)25-27-14(19)6)10-18-20(17)24-21(23-18)15-7-8-15;1-5-9-22(26,10-6-2)17-11-16(19-13(3)25-27-14(19)4)12-18-20(17)24-21(23-18)15-7-8-15;2*1-5-7-15(8-6-2)18-11-17(20-13(3)25-26-14(20)4)12-19-21(18)24-22(23-19)16-9-10-16;1-6-21(25,7-2)16-10-15(18-12(3)23-26-13(18)4)11-17-19(16)22-20(24(17)5)14-8-9-14/h9-12,15,26H,7-8H2,1-6H3,(H,23,24);11-12,15,26H,5-10H2,1-4H3,(H,23,24);11-12,15-16H,5-10H2,1-4H3,(H,23,24);7,11-12,16H,5-6,8-10H2,1-4H3,(H,23,24);10-11,14,25H,6-9H2,1-5H3/b;;;15-7+;. The smallest absolute Gasteiger partial charge is 0.141 e. The van der Waals surface area contributed by atoms with Gasteiger partial charge in [0.1, 0.15) is 57.9 Å². The Labute approximate surface area is 777 Å². The van der Waals surface area contributed by atoms with E-state index in [1.54, 1.807) is 0 Å². The van der Waals surface area contributed by atoms with Gasteiger partial charge in [0.2, 0.25) is 0 Å². The number of hydrogen-bond donors (Lipinski definition) is 7. The number of hydrogen-bond acceptors (Lipinski definition) is 18. The number of fused-ring (bicyclic) bond motifs is 5. The third-order valence-corrected chi connectivity index (χ3v) is 28.6. The summed E-state index contributed by atoms with van der Waals surface area (Å²) in [6, 6.07) is 21.8. The number of H-pyrrole nitrogens is 4. The van der Waals surface area contributed by atoms with Crippen molar-refractivity contribution < 1.29 is 37.9 Å². The molecule has 23 nitrogen and oxygen atoms in total. The first kappa shape index (κ1) is 94.3. The van der Waals surface area contributed by atoms with E-state index in [9.17, 15) is 15.3 Å². The van der Waals surface area contributed by atoms with Crippen LogP contribution in [0.5, 0.6) is 0 Å². The molecule has 10 heterocycles. The van der Waals surface area contributed by atoms with Crippen molar-refractivity contribution in [2.75, 3.05) is 0 Å². The summed E-state index contributed by atoms with van der Waals surface area (Å²) in [7, 11) is 2.08. The Kier molecular flexibility index (Phi) is 27.6. The van der Waals surface area contributed by atoms with Crippen molar-refractivity contribution in [3.8, 4) is 55.6 Å². The Morgan fingerprint density at radius 2 is 0.735 bits per heavy atom. The summed E-state index contributed by atoms with van der Waals surface area (Å²) >= 11 is 0. The first-order chi connectivity index (χ1) is 63.3. The fourth-order valence-corrected chi connectivity index (χ4v) is 20.7. The second-order valence-electron chi connectivity index (χ2n) is 39.6. The molecular weight excluding hydrogens is 1650 g/mol. The lowest BCUT2D eigenvalue weighted by Gasteiger charge is -2.37. The van der Waals surface area contributed by atoms with Crippen molar-refractivity contribution in [3.05, 3.63) is 181 Å². The maximum Gasteiger partial charge on any atom is 0.141 e. The SMILES string of the molecule is CC/C=C(\CCC)c1cc(-c2c(C)noc2C)cc2[nH]c(C3CC3)nc12.CCC(O)(CC)c1cc(-c2c(C)noc2C)cc2c1nc(C1CC1)n2C.CCCC(CCC)c1cc(-c2c(C)noc2C)cc2[nH]c(C3CC3)nc12.CCCC(O)(CCC)c1cc(-c2c(C)noc2C)cc2[nH]c(C3CC3)nc12.Cc1noc(C)c1-c1cc(C(O)(C(C)C)C(C)C)c2nc(C3CC3)[nH]c2c1. The molecule has 0 amide bonds. The van der Waals surface area contributed by atoms with Crippen molar-refractivity contribution >= 4 is 60.7 Å². The summed E-state index contributed by atoms with van der Waals surface area (Å²) in [6.07, 6.45) is 27.2. The van der Waals surface area contributed by atoms with Crippen LogP contribution in [0.2, 0.25) is 0 Å². The van der Waals surface area contributed by atoms with Crippen LogP contribution in [0.3, 0.4) is 0 Å². The fourth-order valence-electron chi connectivity index (χ4n) is 20.7. The van der Waals surface area contributed by atoms with E-state index < -0.39 is 16.8 Å². The average molecular weight is 1790 g/mol. The summed E-state index contributed by atoms with van der Waals surface area (Å²) < 4.78 is 29.2. The molecule has 0 spiro atoms. The van der Waals surface area contributed by atoms with Gasteiger partial charge in [-0.15, -0.1) is 0 Å². The summed E-state index contributed by atoms with van der Waals surface area (Å²) in [5, 5.41) is 55.4. The Morgan fingerprint density at radius 1 is 0.394 bits per heavy atom. The van der Waals surface area contributed by atoms with Crippen LogP contribution in [0.4, 0.5) is 0 Å². The highest BCUT2D eigenvalue weighted by atomic mass is 16.5. The van der Waals surface area contributed by atoms with E-state index in [0.29, 0.717) is 48.3 Å². The van der Waals surface area contributed by atoms with Gasteiger partial charge in [-0.25, -0.2) is 24.9 Å². The lowest BCUT2D eigenvalue weighted by atomic mass is 9.74. The highest BCUT2D eigenvalue weighted by Gasteiger charge is 2.42. The number of imidazole rings is 5. The van der Waals surface area contributed by atoms with Gasteiger partial charge in [-0.1, -0.05) is 147 Å². The zero-order valence-electron chi connectivity index (χ0n) is 82.5. The maximum atomic E-state index is 11.8. The molecule has 15 aromatic rings. The number of aryl methyl sites for hydroxylation is 11. The van der Waals surface area contributed by atoms with Crippen molar-refractivity contribution in [1.82, 2.24) is 75.2 Å². The highest BCUT2D eigenvalue weighted by molar-refractivity contribution is 5.95. The van der Waals surface area contributed by atoms with Crippen LogP contribution in [0.25, 0.3) is 116 Å². The molecule has 20 rings (SSSR count). The number of benzene rings is 5. The van der Waals surface area contributed by atoms with E-state index in [4.69, 9.17) is 47.5 Å². The van der Waals surface area contributed by atoms with Gasteiger partial charge < -0.3 is 62.4 Å². The van der Waals surface area contributed by atoms with Crippen LogP contribution in [0.15, 0.2) is 89.4 Å². The molecule has 5 fully saturated rings. The van der Waals surface area contributed by atoms with E-state index in [1.807, 2.05) is 83.1 Å². The van der Waals surface area contributed by atoms with Crippen molar-refractivity contribution in [3.63, 3.8) is 0 Å². The van der Waals surface area contributed by atoms with Crippen LogP contribution in [-0.2, 0) is 23.9 Å². The topological polar surface area (TPSA) is 323 Å². The van der Waals surface area contributed by atoms with Gasteiger partial charge in [0.15, 0.2) is 0 Å². The Bertz CT molecular complexity index is 6550. The fraction of sp³-hybridized carbons (Fsp3) is 0.523. The molecule has 5 aliphatic carbocycles. The summed E-state index contributed by atoms with van der Waals surface area (Å²) in [6.45, 7) is 45.3. The molecule has 5 aromatic carbocycles. The average Bonchev–Trinajstić information content (AvgIpc) is 1.54. The second kappa shape index (κ2) is 38.6. The lowest BCUT2D eigenvalue weighted by molar-refractivity contribution is -0.0519.